The molecule has 2 heterocycles. The topological polar surface area (TPSA) is 75.7 Å². The predicted octanol–water partition coefficient (Wildman–Crippen LogP) is 3.98. The number of rotatable bonds is 7. The Kier molecular flexibility index (Phi) is 6.53. The maximum atomic E-state index is 12.8. The van der Waals surface area contributed by atoms with Crippen molar-refractivity contribution < 1.29 is 19.1 Å². The van der Waals surface area contributed by atoms with Crippen LogP contribution >= 0.6 is 15.9 Å². The summed E-state index contributed by atoms with van der Waals surface area (Å²) >= 11 is 3.43. The SMILES string of the molecule is CC(CCc1ccc(Br)cc1)NC(=O)c1ccc2c(c1)C(=O)N(CC1CCCO1)C2=O. The van der Waals surface area contributed by atoms with Crippen LogP contribution in [0.1, 0.15) is 62.8 Å². The van der Waals surface area contributed by atoms with E-state index in [1.54, 1.807) is 12.1 Å². The minimum atomic E-state index is -0.353. The first-order valence-corrected chi connectivity index (χ1v) is 11.4. The highest BCUT2D eigenvalue weighted by Crippen LogP contribution is 2.26. The highest BCUT2D eigenvalue weighted by molar-refractivity contribution is 9.10. The lowest BCUT2D eigenvalue weighted by Crippen LogP contribution is -2.36. The number of fused-ring (bicyclic) bond motifs is 1. The summed E-state index contributed by atoms with van der Waals surface area (Å²) in [7, 11) is 0. The van der Waals surface area contributed by atoms with E-state index < -0.39 is 0 Å². The second-order valence-corrected chi connectivity index (χ2v) is 9.07. The van der Waals surface area contributed by atoms with Crippen LogP contribution in [0.15, 0.2) is 46.9 Å². The van der Waals surface area contributed by atoms with Gasteiger partial charge in [-0.05, 0) is 68.5 Å². The number of imide groups is 1. The molecule has 2 aromatic carbocycles. The highest BCUT2D eigenvalue weighted by Gasteiger charge is 2.38. The average molecular weight is 485 g/mol. The van der Waals surface area contributed by atoms with Gasteiger partial charge in [0.2, 0.25) is 0 Å². The Balaban J connectivity index is 1.38. The van der Waals surface area contributed by atoms with Gasteiger partial charge < -0.3 is 10.1 Å². The van der Waals surface area contributed by atoms with Gasteiger partial charge in [0.05, 0.1) is 23.8 Å². The highest BCUT2D eigenvalue weighted by atomic mass is 79.9. The Hall–Kier alpha value is -2.51. The molecule has 4 rings (SSSR count). The zero-order valence-electron chi connectivity index (χ0n) is 17.4. The Morgan fingerprint density at radius 1 is 1.16 bits per heavy atom. The fraction of sp³-hybridized carbons (Fsp3) is 0.375. The minimum absolute atomic E-state index is 0.0299. The van der Waals surface area contributed by atoms with E-state index in [0.29, 0.717) is 17.7 Å². The van der Waals surface area contributed by atoms with E-state index in [2.05, 4.69) is 33.4 Å². The van der Waals surface area contributed by atoms with Crippen molar-refractivity contribution in [2.45, 2.75) is 44.8 Å². The Labute approximate surface area is 190 Å². The van der Waals surface area contributed by atoms with Crippen molar-refractivity contribution in [2.75, 3.05) is 13.2 Å². The Morgan fingerprint density at radius 3 is 2.61 bits per heavy atom. The molecule has 1 fully saturated rings. The number of carbonyl (C=O) groups excluding carboxylic acids is 3. The first-order valence-electron chi connectivity index (χ1n) is 10.6. The number of halogens is 1. The number of amides is 3. The number of nitrogens with zero attached hydrogens (tertiary/aromatic N) is 1. The molecule has 2 aliphatic rings. The van der Waals surface area contributed by atoms with Crippen LogP contribution in [0, 0.1) is 0 Å². The summed E-state index contributed by atoms with van der Waals surface area (Å²) in [5, 5.41) is 2.99. The van der Waals surface area contributed by atoms with E-state index in [9.17, 15) is 14.4 Å². The van der Waals surface area contributed by atoms with E-state index >= 15 is 0 Å². The summed E-state index contributed by atoms with van der Waals surface area (Å²) in [5.41, 5.74) is 2.23. The molecule has 0 spiro atoms. The van der Waals surface area contributed by atoms with Crippen LogP contribution in [0.5, 0.6) is 0 Å². The third-order valence-electron chi connectivity index (χ3n) is 5.80. The van der Waals surface area contributed by atoms with Gasteiger partial charge in [0, 0.05) is 22.7 Å². The summed E-state index contributed by atoms with van der Waals surface area (Å²) in [6.45, 7) is 2.89. The lowest BCUT2D eigenvalue weighted by molar-refractivity contribution is 0.0475. The Bertz CT molecular complexity index is 999. The normalized spacial score (nSPS) is 18.9. The van der Waals surface area contributed by atoms with Crippen LogP contribution in [0.3, 0.4) is 0 Å². The summed E-state index contributed by atoms with van der Waals surface area (Å²) in [6, 6.07) is 12.8. The molecule has 2 aromatic rings. The molecular weight excluding hydrogens is 460 g/mol. The van der Waals surface area contributed by atoms with Crippen molar-refractivity contribution in [3.63, 3.8) is 0 Å². The van der Waals surface area contributed by atoms with Gasteiger partial charge >= 0.3 is 0 Å². The maximum Gasteiger partial charge on any atom is 0.261 e. The van der Waals surface area contributed by atoms with Gasteiger partial charge in [0.15, 0.2) is 0 Å². The average Bonchev–Trinajstić information content (AvgIpc) is 3.36. The summed E-state index contributed by atoms with van der Waals surface area (Å²) in [5.74, 6) is -0.914. The lowest BCUT2D eigenvalue weighted by Gasteiger charge is -2.17. The van der Waals surface area contributed by atoms with Crippen LogP contribution in [-0.2, 0) is 11.2 Å². The second-order valence-electron chi connectivity index (χ2n) is 8.16. The second kappa shape index (κ2) is 9.32. The zero-order chi connectivity index (χ0) is 22.0. The van der Waals surface area contributed by atoms with E-state index in [0.717, 1.165) is 30.2 Å². The van der Waals surface area contributed by atoms with Gasteiger partial charge in [0.25, 0.3) is 17.7 Å². The van der Waals surface area contributed by atoms with E-state index in [1.807, 2.05) is 19.1 Å². The molecule has 31 heavy (non-hydrogen) atoms. The number of hydrogen-bond acceptors (Lipinski definition) is 4. The van der Waals surface area contributed by atoms with Gasteiger partial charge in [-0.25, -0.2) is 0 Å². The molecule has 2 aliphatic heterocycles. The zero-order valence-corrected chi connectivity index (χ0v) is 19.0. The molecule has 6 nitrogen and oxygen atoms in total. The molecular formula is C24H25BrN2O4. The molecule has 162 valence electrons. The number of ether oxygens (including phenoxy) is 1. The standard InChI is InChI=1S/C24H25BrN2O4/c1-15(4-5-16-6-9-18(25)10-7-16)26-22(28)17-8-11-20-21(13-17)24(30)27(23(20)29)14-19-3-2-12-31-19/h6-11,13,15,19H,2-5,12,14H2,1H3,(H,26,28). The molecule has 0 aliphatic carbocycles. The first-order chi connectivity index (χ1) is 14.9. The summed E-state index contributed by atoms with van der Waals surface area (Å²) < 4.78 is 6.60. The third kappa shape index (κ3) is 4.88. The maximum absolute atomic E-state index is 12.8. The molecule has 0 saturated carbocycles. The van der Waals surface area contributed by atoms with Crippen molar-refractivity contribution in [3.05, 3.63) is 69.2 Å². The monoisotopic (exact) mass is 484 g/mol. The van der Waals surface area contributed by atoms with Gasteiger partial charge in [0.1, 0.15) is 0 Å². The number of aryl methyl sites for hydroxylation is 1. The number of benzene rings is 2. The molecule has 0 bridgehead atoms. The fourth-order valence-corrected chi connectivity index (χ4v) is 4.27. The van der Waals surface area contributed by atoms with Crippen molar-refractivity contribution >= 4 is 33.7 Å². The minimum Gasteiger partial charge on any atom is -0.376 e. The summed E-state index contributed by atoms with van der Waals surface area (Å²) in [6.07, 6.45) is 3.34. The van der Waals surface area contributed by atoms with Gasteiger partial charge in [-0.2, -0.15) is 0 Å². The molecule has 2 unspecified atom stereocenters. The molecule has 1 saturated heterocycles. The Morgan fingerprint density at radius 2 is 1.90 bits per heavy atom. The van der Waals surface area contributed by atoms with Crippen molar-refractivity contribution in [3.8, 4) is 0 Å². The van der Waals surface area contributed by atoms with Crippen molar-refractivity contribution in [1.82, 2.24) is 10.2 Å². The van der Waals surface area contributed by atoms with E-state index in [-0.39, 0.29) is 42.0 Å². The van der Waals surface area contributed by atoms with Gasteiger partial charge in [-0.15, -0.1) is 0 Å². The molecule has 0 aromatic heterocycles. The quantitative estimate of drug-likeness (QED) is 0.603. The van der Waals surface area contributed by atoms with Crippen molar-refractivity contribution in [2.24, 2.45) is 0 Å². The van der Waals surface area contributed by atoms with Gasteiger partial charge in [-0.1, -0.05) is 28.1 Å². The van der Waals surface area contributed by atoms with Crippen LogP contribution in [-0.4, -0.2) is 47.9 Å². The number of hydrogen-bond donors (Lipinski definition) is 1. The molecule has 3 amide bonds. The number of carbonyl (C=O) groups is 3. The predicted molar refractivity (Wildman–Crippen MR) is 120 cm³/mol. The lowest BCUT2D eigenvalue weighted by atomic mass is 10.0. The fourth-order valence-electron chi connectivity index (χ4n) is 4.00. The molecule has 7 heteroatoms. The largest absolute Gasteiger partial charge is 0.376 e. The van der Waals surface area contributed by atoms with Crippen LogP contribution < -0.4 is 5.32 Å². The van der Waals surface area contributed by atoms with Gasteiger partial charge in [-0.3, -0.25) is 19.3 Å². The van der Waals surface area contributed by atoms with E-state index in [4.69, 9.17) is 4.74 Å². The van der Waals surface area contributed by atoms with E-state index in [1.165, 1.54) is 16.5 Å². The smallest absolute Gasteiger partial charge is 0.261 e. The van der Waals surface area contributed by atoms with Crippen LogP contribution in [0.4, 0.5) is 0 Å². The molecule has 1 N–H and O–H groups in total. The molecule has 2 atom stereocenters. The summed E-state index contributed by atoms with van der Waals surface area (Å²) in [4.78, 5) is 39.4. The van der Waals surface area contributed by atoms with Crippen LogP contribution in [0.2, 0.25) is 0 Å². The van der Waals surface area contributed by atoms with Crippen molar-refractivity contribution in [1.29, 1.82) is 0 Å². The third-order valence-corrected chi connectivity index (χ3v) is 6.33. The first kappa shape index (κ1) is 21.7. The number of nitrogens with one attached hydrogen (secondary N) is 1. The molecule has 0 radical (unpaired) electrons. The van der Waals surface area contributed by atoms with Crippen LogP contribution in [0.25, 0.3) is 0 Å².